The summed E-state index contributed by atoms with van der Waals surface area (Å²) in [6.45, 7) is 3.28. The lowest BCUT2D eigenvalue weighted by atomic mass is 10.1. The molecule has 1 unspecified atom stereocenters. The van der Waals surface area contributed by atoms with Crippen molar-refractivity contribution in [2.24, 2.45) is 11.7 Å². The normalized spacial score (nSPS) is 21.6. The van der Waals surface area contributed by atoms with Crippen LogP contribution in [0.5, 0.6) is 0 Å². The fourth-order valence-corrected chi connectivity index (χ4v) is 1.30. The zero-order valence-corrected chi connectivity index (χ0v) is 8.11. The third-order valence-electron chi connectivity index (χ3n) is 2.04. The Hall–Kier alpha value is -1.59. The van der Waals surface area contributed by atoms with E-state index in [4.69, 9.17) is 5.73 Å². The molecule has 0 aromatic carbocycles. The van der Waals surface area contributed by atoms with Crippen molar-refractivity contribution < 1.29 is 14.4 Å². The van der Waals surface area contributed by atoms with Gasteiger partial charge < -0.3 is 11.1 Å². The van der Waals surface area contributed by atoms with Crippen molar-refractivity contribution in [3.05, 3.63) is 0 Å². The summed E-state index contributed by atoms with van der Waals surface area (Å²) in [6, 6.07) is -1.09. The van der Waals surface area contributed by atoms with Crippen molar-refractivity contribution in [1.82, 2.24) is 10.2 Å². The van der Waals surface area contributed by atoms with Crippen molar-refractivity contribution in [3.8, 4) is 0 Å². The highest BCUT2D eigenvalue weighted by molar-refractivity contribution is 6.06. The number of amides is 4. The first-order valence-corrected chi connectivity index (χ1v) is 4.33. The summed E-state index contributed by atoms with van der Waals surface area (Å²) in [5, 5.41) is 2.49. The van der Waals surface area contributed by atoms with Crippen molar-refractivity contribution in [2.75, 3.05) is 6.54 Å². The Balaban J connectivity index is 2.75. The van der Waals surface area contributed by atoms with E-state index >= 15 is 0 Å². The number of carbonyl (C=O) groups is 3. The van der Waals surface area contributed by atoms with Gasteiger partial charge in [-0.1, -0.05) is 13.8 Å². The molecule has 0 spiro atoms. The van der Waals surface area contributed by atoms with E-state index in [1.165, 1.54) is 0 Å². The molecule has 1 aliphatic rings. The van der Waals surface area contributed by atoms with E-state index in [9.17, 15) is 14.4 Å². The number of carbonyl (C=O) groups excluding carboxylic acids is 3. The maximum absolute atomic E-state index is 11.5. The van der Waals surface area contributed by atoms with Crippen LogP contribution in [0, 0.1) is 5.92 Å². The molecule has 0 bridgehead atoms. The van der Waals surface area contributed by atoms with Gasteiger partial charge in [-0.15, -0.1) is 0 Å². The first-order chi connectivity index (χ1) is 6.43. The van der Waals surface area contributed by atoms with Crippen LogP contribution in [0.15, 0.2) is 0 Å². The monoisotopic (exact) mass is 199 g/mol. The van der Waals surface area contributed by atoms with Crippen LogP contribution in [0.1, 0.15) is 13.8 Å². The zero-order chi connectivity index (χ0) is 10.9. The van der Waals surface area contributed by atoms with Crippen LogP contribution in [-0.4, -0.2) is 35.3 Å². The molecule has 3 N–H and O–H groups in total. The molecule has 0 aromatic rings. The van der Waals surface area contributed by atoms with Crippen molar-refractivity contribution in [3.63, 3.8) is 0 Å². The molecule has 0 aliphatic carbocycles. The Morgan fingerprint density at radius 3 is 2.50 bits per heavy atom. The van der Waals surface area contributed by atoms with Gasteiger partial charge in [0.05, 0.1) is 0 Å². The van der Waals surface area contributed by atoms with E-state index in [1.807, 2.05) is 13.8 Å². The SMILES string of the molecule is CC(C)C1NC(=O)N(CC(N)=O)C1=O. The molecular formula is C8H13N3O3. The molecule has 6 nitrogen and oxygen atoms in total. The number of hydrogen-bond donors (Lipinski definition) is 2. The van der Waals surface area contributed by atoms with Gasteiger partial charge in [0, 0.05) is 0 Å². The lowest BCUT2D eigenvalue weighted by Crippen LogP contribution is -2.39. The van der Waals surface area contributed by atoms with Crippen LogP contribution < -0.4 is 11.1 Å². The highest BCUT2D eigenvalue weighted by Crippen LogP contribution is 2.12. The quantitative estimate of drug-likeness (QED) is 0.574. The molecule has 1 heterocycles. The van der Waals surface area contributed by atoms with Crippen LogP contribution >= 0.6 is 0 Å². The first-order valence-electron chi connectivity index (χ1n) is 4.33. The molecule has 6 heteroatoms. The topological polar surface area (TPSA) is 92.5 Å². The molecule has 1 rings (SSSR count). The Morgan fingerprint density at radius 2 is 2.14 bits per heavy atom. The molecule has 14 heavy (non-hydrogen) atoms. The smallest absolute Gasteiger partial charge is 0.325 e. The predicted molar refractivity (Wildman–Crippen MR) is 48.1 cm³/mol. The summed E-state index contributed by atoms with van der Waals surface area (Å²) in [5.41, 5.74) is 4.91. The number of hydrogen-bond acceptors (Lipinski definition) is 3. The maximum Gasteiger partial charge on any atom is 0.325 e. The van der Waals surface area contributed by atoms with Gasteiger partial charge in [-0.2, -0.15) is 0 Å². The minimum Gasteiger partial charge on any atom is -0.368 e. The number of urea groups is 1. The fourth-order valence-electron chi connectivity index (χ4n) is 1.30. The van der Waals surface area contributed by atoms with Crippen molar-refractivity contribution in [2.45, 2.75) is 19.9 Å². The Morgan fingerprint density at radius 1 is 1.57 bits per heavy atom. The minimum atomic E-state index is -0.696. The molecule has 1 atom stereocenters. The van der Waals surface area contributed by atoms with Crippen LogP contribution in [0.2, 0.25) is 0 Å². The van der Waals surface area contributed by atoms with E-state index in [-0.39, 0.29) is 18.4 Å². The number of nitrogens with two attached hydrogens (primary N) is 1. The highest BCUT2D eigenvalue weighted by atomic mass is 16.2. The Labute approximate surface area is 81.4 Å². The molecule has 0 aromatic heterocycles. The molecule has 78 valence electrons. The van der Waals surface area contributed by atoms with Gasteiger partial charge in [0.15, 0.2) is 0 Å². The second-order valence-electron chi connectivity index (χ2n) is 3.56. The van der Waals surface area contributed by atoms with Gasteiger partial charge in [0.2, 0.25) is 5.91 Å². The Kier molecular flexibility index (Phi) is 2.73. The zero-order valence-electron chi connectivity index (χ0n) is 8.11. The van der Waals surface area contributed by atoms with E-state index in [0.29, 0.717) is 0 Å². The molecule has 1 saturated heterocycles. The highest BCUT2D eigenvalue weighted by Gasteiger charge is 2.39. The molecule has 0 radical (unpaired) electrons. The van der Waals surface area contributed by atoms with Crippen LogP contribution in [0.3, 0.4) is 0 Å². The van der Waals surface area contributed by atoms with Crippen molar-refractivity contribution >= 4 is 17.8 Å². The third kappa shape index (κ3) is 1.84. The molecule has 1 fully saturated rings. The molecule has 4 amide bonds. The molecule has 0 saturated carbocycles. The predicted octanol–water partition coefficient (Wildman–Crippen LogP) is -0.952. The number of nitrogens with one attached hydrogen (secondary N) is 1. The summed E-state index contributed by atoms with van der Waals surface area (Å²) in [7, 11) is 0. The summed E-state index contributed by atoms with van der Waals surface area (Å²) in [6.07, 6.45) is 0. The lowest BCUT2D eigenvalue weighted by Gasteiger charge is -2.12. The van der Waals surface area contributed by atoms with Gasteiger partial charge >= 0.3 is 6.03 Å². The largest absolute Gasteiger partial charge is 0.368 e. The van der Waals surface area contributed by atoms with E-state index < -0.39 is 18.0 Å². The number of primary amides is 1. The average molecular weight is 199 g/mol. The van der Waals surface area contributed by atoms with Gasteiger partial charge in [-0.05, 0) is 5.92 Å². The number of imide groups is 1. The summed E-state index contributed by atoms with van der Waals surface area (Å²) < 4.78 is 0. The van der Waals surface area contributed by atoms with Crippen molar-refractivity contribution in [1.29, 1.82) is 0 Å². The molecule has 1 aliphatic heterocycles. The maximum atomic E-state index is 11.5. The van der Waals surface area contributed by atoms with Gasteiger partial charge in [-0.3, -0.25) is 14.5 Å². The summed E-state index contributed by atoms with van der Waals surface area (Å²) in [5.74, 6) is -1.08. The summed E-state index contributed by atoms with van der Waals surface area (Å²) in [4.78, 5) is 34.2. The lowest BCUT2D eigenvalue weighted by molar-refractivity contribution is -0.131. The van der Waals surface area contributed by atoms with Gasteiger partial charge in [0.25, 0.3) is 5.91 Å². The second kappa shape index (κ2) is 3.65. The average Bonchev–Trinajstić information content (AvgIpc) is 2.31. The molecular weight excluding hydrogens is 186 g/mol. The van der Waals surface area contributed by atoms with Crippen LogP contribution in [0.25, 0.3) is 0 Å². The van der Waals surface area contributed by atoms with Crippen LogP contribution in [-0.2, 0) is 9.59 Å². The third-order valence-corrected chi connectivity index (χ3v) is 2.04. The standard InChI is InChI=1S/C8H13N3O3/c1-4(2)6-7(13)11(3-5(9)12)8(14)10-6/h4,6H,3H2,1-2H3,(H2,9,12)(H,10,14). The second-order valence-corrected chi connectivity index (χ2v) is 3.56. The van der Waals surface area contributed by atoms with E-state index in [0.717, 1.165) is 4.90 Å². The number of nitrogens with zero attached hydrogens (tertiary/aromatic N) is 1. The van der Waals surface area contributed by atoms with E-state index in [1.54, 1.807) is 0 Å². The van der Waals surface area contributed by atoms with Crippen LogP contribution in [0.4, 0.5) is 4.79 Å². The van der Waals surface area contributed by atoms with Gasteiger partial charge in [0.1, 0.15) is 12.6 Å². The van der Waals surface area contributed by atoms with Gasteiger partial charge in [-0.25, -0.2) is 4.79 Å². The summed E-state index contributed by atoms with van der Waals surface area (Å²) >= 11 is 0. The fraction of sp³-hybridized carbons (Fsp3) is 0.625. The number of rotatable bonds is 3. The minimum absolute atomic E-state index is 0.00401. The Bertz CT molecular complexity index is 288. The van der Waals surface area contributed by atoms with E-state index in [2.05, 4.69) is 5.32 Å². The first kappa shape index (κ1) is 10.5.